The summed E-state index contributed by atoms with van der Waals surface area (Å²) in [6.07, 6.45) is 10.7. The van der Waals surface area contributed by atoms with Gasteiger partial charge in [-0.1, -0.05) is 13.3 Å². The highest BCUT2D eigenvalue weighted by molar-refractivity contribution is 6.27. The van der Waals surface area contributed by atoms with Crippen molar-refractivity contribution < 1.29 is 14.4 Å². The second-order valence-corrected chi connectivity index (χ2v) is 7.39. The maximum absolute atomic E-state index is 12.6. The Balaban J connectivity index is 1.52. The molecule has 146 valence electrons. The van der Waals surface area contributed by atoms with Crippen LogP contribution in [0.3, 0.4) is 0 Å². The van der Waals surface area contributed by atoms with E-state index in [1.54, 1.807) is 18.4 Å². The van der Waals surface area contributed by atoms with E-state index in [0.717, 1.165) is 31.5 Å². The summed E-state index contributed by atoms with van der Waals surface area (Å²) in [6.45, 7) is 6.56. The van der Waals surface area contributed by atoms with E-state index in [2.05, 4.69) is 22.1 Å². The Kier molecular flexibility index (Phi) is 6.21. The first-order chi connectivity index (χ1) is 13.0. The van der Waals surface area contributed by atoms with Crippen molar-refractivity contribution in [3.63, 3.8) is 0 Å². The van der Waals surface area contributed by atoms with Gasteiger partial charge in [-0.25, -0.2) is 0 Å². The lowest BCUT2D eigenvalue weighted by Crippen LogP contribution is -2.51. The average molecular weight is 372 g/mol. The first-order valence-corrected chi connectivity index (χ1v) is 9.85. The van der Waals surface area contributed by atoms with Crippen LogP contribution in [0, 0.1) is 5.92 Å². The van der Waals surface area contributed by atoms with E-state index in [1.807, 2.05) is 6.92 Å². The van der Waals surface area contributed by atoms with Gasteiger partial charge in [0.25, 0.3) is 11.8 Å². The molecular formula is C20H28N4O3. The van der Waals surface area contributed by atoms with E-state index in [4.69, 9.17) is 0 Å². The van der Waals surface area contributed by atoms with Gasteiger partial charge in [-0.05, 0) is 56.9 Å². The van der Waals surface area contributed by atoms with Crippen LogP contribution in [0.15, 0.2) is 28.9 Å². The minimum Gasteiger partial charge on any atom is -0.355 e. The SMILES string of the molecule is CCC1CCCCN1CCCNC(=O)C1C(=O)N=C2C=C(C)C=CN2C1=O. The van der Waals surface area contributed by atoms with E-state index >= 15 is 0 Å². The molecule has 1 saturated heterocycles. The molecule has 7 nitrogen and oxygen atoms in total. The first kappa shape index (κ1) is 19.5. The predicted molar refractivity (Wildman–Crippen MR) is 103 cm³/mol. The molecule has 0 aromatic carbocycles. The third kappa shape index (κ3) is 4.35. The fourth-order valence-corrected chi connectivity index (χ4v) is 3.92. The molecule has 7 heteroatoms. The molecule has 0 spiro atoms. The highest BCUT2D eigenvalue weighted by Crippen LogP contribution is 2.20. The number of hydrogen-bond acceptors (Lipinski definition) is 4. The monoisotopic (exact) mass is 372 g/mol. The molecule has 3 amide bonds. The van der Waals surface area contributed by atoms with Crippen LogP contribution in [-0.2, 0) is 14.4 Å². The molecular weight excluding hydrogens is 344 g/mol. The second kappa shape index (κ2) is 8.61. The van der Waals surface area contributed by atoms with E-state index in [1.165, 1.54) is 24.2 Å². The van der Waals surface area contributed by atoms with Crippen molar-refractivity contribution in [3.05, 3.63) is 23.9 Å². The number of amides is 3. The minimum atomic E-state index is -1.39. The zero-order valence-corrected chi connectivity index (χ0v) is 16.1. The standard InChI is InChI=1S/C20H28N4O3/c1-3-15-7-4-5-10-23(15)11-6-9-21-18(25)17-19(26)22-16-13-14(2)8-12-24(16)20(17)27/h8,12-13,15,17H,3-7,9-11H2,1-2H3,(H,21,25). The maximum Gasteiger partial charge on any atom is 0.269 e. The molecule has 1 fully saturated rings. The summed E-state index contributed by atoms with van der Waals surface area (Å²) in [6, 6.07) is 0.631. The third-order valence-corrected chi connectivity index (χ3v) is 5.45. The van der Waals surface area contributed by atoms with Crippen molar-refractivity contribution in [1.29, 1.82) is 0 Å². The number of fused-ring (bicyclic) bond motifs is 1. The molecule has 3 rings (SSSR count). The van der Waals surface area contributed by atoms with Crippen LogP contribution in [0.5, 0.6) is 0 Å². The van der Waals surface area contributed by atoms with Crippen LogP contribution in [0.4, 0.5) is 0 Å². The number of carbonyl (C=O) groups excluding carboxylic acids is 3. The smallest absolute Gasteiger partial charge is 0.269 e. The van der Waals surface area contributed by atoms with Gasteiger partial charge in [-0.2, -0.15) is 4.99 Å². The van der Waals surface area contributed by atoms with Crippen molar-refractivity contribution in [2.75, 3.05) is 19.6 Å². The summed E-state index contributed by atoms with van der Waals surface area (Å²) < 4.78 is 0. The quantitative estimate of drug-likeness (QED) is 0.567. The molecule has 3 aliphatic heterocycles. The maximum atomic E-state index is 12.6. The number of nitrogens with zero attached hydrogens (tertiary/aromatic N) is 3. The lowest BCUT2D eigenvalue weighted by molar-refractivity contribution is -0.144. The average Bonchev–Trinajstić information content (AvgIpc) is 2.65. The molecule has 0 radical (unpaired) electrons. The highest BCUT2D eigenvalue weighted by atomic mass is 16.2. The zero-order valence-electron chi connectivity index (χ0n) is 16.1. The van der Waals surface area contributed by atoms with Crippen molar-refractivity contribution >= 4 is 23.6 Å². The highest BCUT2D eigenvalue weighted by Gasteiger charge is 2.42. The lowest BCUT2D eigenvalue weighted by Gasteiger charge is -2.35. The second-order valence-electron chi connectivity index (χ2n) is 7.39. The Morgan fingerprint density at radius 2 is 2.15 bits per heavy atom. The van der Waals surface area contributed by atoms with Crippen LogP contribution >= 0.6 is 0 Å². The minimum absolute atomic E-state index is 0.282. The van der Waals surface area contributed by atoms with Gasteiger partial charge < -0.3 is 10.2 Å². The van der Waals surface area contributed by atoms with Crippen LogP contribution in [0.2, 0.25) is 0 Å². The first-order valence-electron chi connectivity index (χ1n) is 9.85. The van der Waals surface area contributed by atoms with Crippen LogP contribution in [-0.4, -0.2) is 59.0 Å². The molecule has 3 aliphatic rings. The number of amidine groups is 1. The van der Waals surface area contributed by atoms with E-state index in [9.17, 15) is 14.4 Å². The summed E-state index contributed by atoms with van der Waals surface area (Å²) in [4.78, 5) is 44.9. The fourth-order valence-electron chi connectivity index (χ4n) is 3.92. The largest absolute Gasteiger partial charge is 0.355 e. The van der Waals surface area contributed by atoms with Crippen molar-refractivity contribution in [1.82, 2.24) is 15.1 Å². The Hall–Kier alpha value is -2.28. The van der Waals surface area contributed by atoms with Crippen molar-refractivity contribution in [2.24, 2.45) is 10.9 Å². The lowest BCUT2D eigenvalue weighted by atomic mass is 10.00. The molecule has 27 heavy (non-hydrogen) atoms. The number of carbonyl (C=O) groups is 3. The van der Waals surface area contributed by atoms with Gasteiger partial charge in [-0.3, -0.25) is 19.3 Å². The number of piperidine rings is 1. The normalized spacial score (nSPS) is 25.8. The van der Waals surface area contributed by atoms with Gasteiger partial charge >= 0.3 is 0 Å². The van der Waals surface area contributed by atoms with Gasteiger partial charge in [0, 0.05) is 25.3 Å². The molecule has 0 aromatic rings. The number of likely N-dealkylation sites (tertiary alicyclic amines) is 1. The van der Waals surface area contributed by atoms with E-state index < -0.39 is 23.6 Å². The Morgan fingerprint density at radius 3 is 2.93 bits per heavy atom. The summed E-state index contributed by atoms with van der Waals surface area (Å²) in [5.41, 5.74) is 0.900. The molecule has 0 aromatic heterocycles. The van der Waals surface area contributed by atoms with Crippen molar-refractivity contribution in [2.45, 2.75) is 52.0 Å². The van der Waals surface area contributed by atoms with Crippen LogP contribution in [0.1, 0.15) is 46.0 Å². The molecule has 0 aliphatic carbocycles. The Morgan fingerprint density at radius 1 is 1.33 bits per heavy atom. The topological polar surface area (TPSA) is 82.1 Å². The summed E-state index contributed by atoms with van der Waals surface area (Å²) in [7, 11) is 0. The molecule has 2 atom stereocenters. The fraction of sp³-hybridized carbons (Fsp3) is 0.600. The molecule has 3 heterocycles. The number of nitrogens with one attached hydrogen (secondary N) is 1. The van der Waals surface area contributed by atoms with Crippen LogP contribution < -0.4 is 5.32 Å². The van der Waals surface area contributed by atoms with Gasteiger partial charge in [0.15, 0.2) is 5.92 Å². The zero-order chi connectivity index (χ0) is 19.4. The predicted octanol–water partition coefficient (Wildman–Crippen LogP) is 1.61. The molecule has 0 bridgehead atoms. The van der Waals surface area contributed by atoms with Gasteiger partial charge in [0.05, 0.1) is 0 Å². The number of aliphatic imine (C=N–C) groups is 1. The van der Waals surface area contributed by atoms with Gasteiger partial charge in [-0.15, -0.1) is 0 Å². The van der Waals surface area contributed by atoms with Gasteiger partial charge in [0.2, 0.25) is 5.91 Å². The van der Waals surface area contributed by atoms with Crippen molar-refractivity contribution in [3.8, 4) is 0 Å². The van der Waals surface area contributed by atoms with Gasteiger partial charge in [0.1, 0.15) is 5.84 Å². The van der Waals surface area contributed by atoms with E-state index in [-0.39, 0.29) is 5.84 Å². The third-order valence-electron chi connectivity index (χ3n) is 5.45. The van der Waals surface area contributed by atoms with Crippen LogP contribution in [0.25, 0.3) is 0 Å². The number of allylic oxidation sites excluding steroid dienone is 2. The Bertz CT molecular complexity index is 710. The number of hydrogen-bond donors (Lipinski definition) is 1. The summed E-state index contributed by atoms with van der Waals surface area (Å²) in [5, 5.41) is 2.75. The molecule has 0 saturated carbocycles. The Labute approximate surface area is 160 Å². The van der Waals surface area contributed by atoms with E-state index in [0.29, 0.717) is 12.6 Å². The number of rotatable bonds is 6. The summed E-state index contributed by atoms with van der Waals surface area (Å²) >= 11 is 0. The summed E-state index contributed by atoms with van der Waals surface area (Å²) in [5.74, 6) is -2.89. The molecule has 1 N–H and O–H groups in total. The molecule has 2 unspecified atom stereocenters.